The van der Waals surface area contributed by atoms with Crippen LogP contribution in [0, 0.1) is 0 Å². The van der Waals surface area contributed by atoms with Crippen molar-refractivity contribution in [3.63, 3.8) is 0 Å². The molecule has 0 aromatic heterocycles. The first-order chi connectivity index (χ1) is 23.1. The number of unbranched alkanes of at least 4 members (excludes halogenated alkanes) is 17. The summed E-state index contributed by atoms with van der Waals surface area (Å²) in [6.45, 7) is 9.76. The molecule has 0 amide bonds. The monoisotopic (exact) mass is 658 g/mol. The van der Waals surface area contributed by atoms with Crippen LogP contribution in [-0.2, 0) is 25.6 Å². The molecule has 1 aromatic carbocycles. The Bertz CT molecular complexity index is 813. The number of hydrogen-bond donors (Lipinski definition) is 0. The molecular formula is C42H75NO4. The van der Waals surface area contributed by atoms with Crippen molar-refractivity contribution in [2.24, 2.45) is 0 Å². The van der Waals surface area contributed by atoms with Gasteiger partial charge in [0.2, 0.25) is 0 Å². The molecule has 1 aromatic rings. The predicted octanol–water partition coefficient (Wildman–Crippen LogP) is 12.1. The van der Waals surface area contributed by atoms with Crippen molar-refractivity contribution in [2.45, 2.75) is 200 Å². The van der Waals surface area contributed by atoms with Gasteiger partial charge in [-0.05, 0) is 63.6 Å². The lowest BCUT2D eigenvalue weighted by atomic mass is 10.0. The molecule has 0 radical (unpaired) electrons. The van der Waals surface area contributed by atoms with Crippen molar-refractivity contribution >= 4 is 11.9 Å². The maximum Gasteiger partial charge on any atom is 0.306 e. The summed E-state index contributed by atoms with van der Waals surface area (Å²) in [6.07, 6.45) is 29.7. The van der Waals surface area contributed by atoms with Gasteiger partial charge in [-0.25, -0.2) is 0 Å². The number of carbonyl (C=O) groups excluding carboxylic acids is 2. The second-order valence-electron chi connectivity index (χ2n) is 13.9. The standard InChI is InChI=1S/C42H75NO4/c1-4-7-10-13-16-17-20-26-37-46-41(44)33-27-35-43(38-39-29-22-21-23-30-39)36-28-34-42(45)47-40(31-24-18-14-11-8-5-2)32-25-19-15-12-9-6-3/h21-23,29-30,40H,4-20,24-28,31-38H2,1-3H3. The highest BCUT2D eigenvalue weighted by atomic mass is 16.5. The second kappa shape index (κ2) is 32.7. The molecule has 0 saturated carbocycles. The van der Waals surface area contributed by atoms with E-state index in [9.17, 15) is 9.59 Å². The normalized spacial score (nSPS) is 11.4. The number of esters is 2. The van der Waals surface area contributed by atoms with Crippen LogP contribution < -0.4 is 0 Å². The number of benzene rings is 1. The molecular weight excluding hydrogens is 582 g/mol. The van der Waals surface area contributed by atoms with Crippen molar-refractivity contribution in [3.8, 4) is 0 Å². The Morgan fingerprint density at radius 3 is 1.51 bits per heavy atom. The van der Waals surface area contributed by atoms with Gasteiger partial charge in [0.15, 0.2) is 0 Å². The average molecular weight is 658 g/mol. The van der Waals surface area contributed by atoms with E-state index >= 15 is 0 Å². The van der Waals surface area contributed by atoms with Gasteiger partial charge in [-0.2, -0.15) is 0 Å². The van der Waals surface area contributed by atoms with Crippen LogP contribution in [0.4, 0.5) is 0 Å². The lowest BCUT2D eigenvalue weighted by Crippen LogP contribution is -2.27. The van der Waals surface area contributed by atoms with Crippen molar-refractivity contribution in [1.82, 2.24) is 4.90 Å². The minimum absolute atomic E-state index is 0.0452. The van der Waals surface area contributed by atoms with Crippen LogP contribution in [0.2, 0.25) is 0 Å². The van der Waals surface area contributed by atoms with Gasteiger partial charge in [0.1, 0.15) is 6.10 Å². The van der Waals surface area contributed by atoms with Crippen molar-refractivity contribution < 1.29 is 19.1 Å². The van der Waals surface area contributed by atoms with Gasteiger partial charge in [0, 0.05) is 19.4 Å². The van der Waals surface area contributed by atoms with Gasteiger partial charge >= 0.3 is 11.9 Å². The molecule has 0 spiro atoms. The minimum Gasteiger partial charge on any atom is -0.466 e. The zero-order valence-corrected chi connectivity index (χ0v) is 31.3. The Morgan fingerprint density at radius 1 is 0.553 bits per heavy atom. The summed E-state index contributed by atoms with van der Waals surface area (Å²) in [5.41, 5.74) is 1.25. The van der Waals surface area contributed by atoms with Gasteiger partial charge in [0.25, 0.3) is 0 Å². The predicted molar refractivity (Wildman–Crippen MR) is 200 cm³/mol. The zero-order chi connectivity index (χ0) is 34.0. The third-order valence-electron chi connectivity index (χ3n) is 9.28. The van der Waals surface area contributed by atoms with Crippen LogP contribution in [0.5, 0.6) is 0 Å². The van der Waals surface area contributed by atoms with Crippen molar-refractivity contribution in [3.05, 3.63) is 35.9 Å². The van der Waals surface area contributed by atoms with Gasteiger partial charge in [-0.3, -0.25) is 14.5 Å². The highest BCUT2D eigenvalue weighted by molar-refractivity contribution is 5.69. The van der Waals surface area contributed by atoms with E-state index in [-0.39, 0.29) is 18.0 Å². The van der Waals surface area contributed by atoms with Crippen LogP contribution in [-0.4, -0.2) is 42.6 Å². The highest BCUT2D eigenvalue weighted by Crippen LogP contribution is 2.18. The topological polar surface area (TPSA) is 55.8 Å². The molecule has 272 valence electrons. The Kier molecular flexibility index (Phi) is 30.0. The Balaban J connectivity index is 2.43. The average Bonchev–Trinajstić information content (AvgIpc) is 3.07. The molecule has 0 N–H and O–H groups in total. The van der Waals surface area contributed by atoms with E-state index < -0.39 is 0 Å². The molecule has 0 heterocycles. The zero-order valence-electron chi connectivity index (χ0n) is 31.3. The summed E-state index contributed by atoms with van der Waals surface area (Å²) < 4.78 is 11.6. The summed E-state index contributed by atoms with van der Waals surface area (Å²) in [5.74, 6) is -0.130. The van der Waals surface area contributed by atoms with Crippen LogP contribution >= 0.6 is 0 Å². The van der Waals surface area contributed by atoms with E-state index in [4.69, 9.17) is 9.47 Å². The van der Waals surface area contributed by atoms with Gasteiger partial charge in [-0.15, -0.1) is 0 Å². The number of rotatable bonds is 34. The smallest absolute Gasteiger partial charge is 0.306 e. The third kappa shape index (κ3) is 27.7. The number of nitrogens with zero attached hydrogens (tertiary/aromatic N) is 1. The van der Waals surface area contributed by atoms with E-state index in [1.807, 2.05) is 6.07 Å². The van der Waals surface area contributed by atoms with Gasteiger partial charge < -0.3 is 9.47 Å². The first-order valence-corrected chi connectivity index (χ1v) is 20.2. The van der Waals surface area contributed by atoms with Gasteiger partial charge in [0.05, 0.1) is 6.61 Å². The Morgan fingerprint density at radius 2 is 1.00 bits per heavy atom. The molecule has 1 rings (SSSR count). The van der Waals surface area contributed by atoms with Gasteiger partial charge in [-0.1, -0.05) is 160 Å². The van der Waals surface area contributed by atoms with E-state index in [2.05, 4.69) is 49.9 Å². The first-order valence-electron chi connectivity index (χ1n) is 20.2. The Hall–Kier alpha value is -1.88. The fourth-order valence-electron chi connectivity index (χ4n) is 6.31. The molecule has 5 nitrogen and oxygen atoms in total. The SMILES string of the molecule is CCCCCCCCCCOC(=O)CCCN(CCCC(=O)OC(CCCCCCCC)CCCCCCCC)Cc1ccccc1. The quantitative estimate of drug-likeness (QED) is 0.0545. The van der Waals surface area contributed by atoms with Crippen LogP contribution in [0.1, 0.15) is 193 Å². The number of ether oxygens (including phenoxy) is 2. The molecule has 0 fully saturated rings. The van der Waals surface area contributed by atoms with E-state index in [0.29, 0.717) is 19.4 Å². The molecule has 0 saturated heterocycles. The fraction of sp³-hybridized carbons (Fsp3) is 0.810. The molecule has 47 heavy (non-hydrogen) atoms. The van der Waals surface area contributed by atoms with Crippen molar-refractivity contribution in [1.29, 1.82) is 0 Å². The van der Waals surface area contributed by atoms with E-state index in [1.165, 1.54) is 108 Å². The summed E-state index contributed by atoms with van der Waals surface area (Å²) in [5, 5.41) is 0. The van der Waals surface area contributed by atoms with Crippen LogP contribution in [0.15, 0.2) is 30.3 Å². The van der Waals surface area contributed by atoms with E-state index in [0.717, 1.165) is 71.0 Å². The molecule has 5 heteroatoms. The van der Waals surface area contributed by atoms with Crippen molar-refractivity contribution in [2.75, 3.05) is 19.7 Å². The minimum atomic E-state index is -0.0852. The number of carbonyl (C=O) groups is 2. The second-order valence-corrected chi connectivity index (χ2v) is 13.9. The third-order valence-corrected chi connectivity index (χ3v) is 9.28. The summed E-state index contributed by atoms with van der Waals surface area (Å²) >= 11 is 0. The van der Waals surface area contributed by atoms with Crippen LogP contribution in [0.25, 0.3) is 0 Å². The maximum absolute atomic E-state index is 13.0. The molecule has 0 aliphatic rings. The lowest BCUT2D eigenvalue weighted by molar-refractivity contribution is -0.150. The lowest BCUT2D eigenvalue weighted by Gasteiger charge is -2.23. The summed E-state index contributed by atoms with van der Waals surface area (Å²) in [6, 6.07) is 10.5. The van der Waals surface area contributed by atoms with Crippen LogP contribution in [0.3, 0.4) is 0 Å². The highest BCUT2D eigenvalue weighted by Gasteiger charge is 2.16. The molecule has 0 aliphatic heterocycles. The largest absolute Gasteiger partial charge is 0.466 e. The number of hydrogen-bond acceptors (Lipinski definition) is 5. The molecule has 0 bridgehead atoms. The first kappa shape index (κ1) is 43.1. The summed E-state index contributed by atoms with van der Waals surface area (Å²) in [7, 11) is 0. The fourth-order valence-corrected chi connectivity index (χ4v) is 6.31. The molecule has 0 atom stereocenters. The maximum atomic E-state index is 13.0. The van der Waals surface area contributed by atoms with E-state index in [1.54, 1.807) is 0 Å². The summed E-state index contributed by atoms with van der Waals surface area (Å²) in [4.78, 5) is 27.7. The molecule has 0 aliphatic carbocycles. The Labute approximate surface area is 291 Å². The molecule has 0 unspecified atom stereocenters.